The lowest BCUT2D eigenvalue weighted by Gasteiger charge is -2.38. The molecule has 1 aliphatic rings. The number of H-pyrrole nitrogens is 1. The van der Waals surface area contributed by atoms with Crippen LogP contribution in [0.3, 0.4) is 0 Å². The molecule has 1 aromatic heterocycles. The van der Waals surface area contributed by atoms with Crippen LogP contribution in [0.1, 0.15) is 52.0 Å². The Morgan fingerprint density at radius 2 is 1.92 bits per heavy atom. The Morgan fingerprint density at radius 3 is 2.56 bits per heavy atom. The van der Waals surface area contributed by atoms with Crippen LogP contribution in [-0.2, 0) is 4.43 Å². The molecule has 1 atom stereocenters. The minimum absolute atomic E-state index is 0.205. The SMILES string of the molecule is COc1ccc2[nH]cc(C3CCC(C)=C3O[Si](C)(C)C(C)(C)C)c2c1. The molecule has 1 aromatic carbocycles. The summed E-state index contributed by atoms with van der Waals surface area (Å²) in [5.74, 6) is 2.46. The van der Waals surface area contributed by atoms with Crippen molar-refractivity contribution in [1.82, 2.24) is 4.98 Å². The van der Waals surface area contributed by atoms with Crippen molar-refractivity contribution in [2.24, 2.45) is 0 Å². The fourth-order valence-corrected chi connectivity index (χ4v) is 4.50. The van der Waals surface area contributed by atoms with Crippen LogP contribution in [0.4, 0.5) is 0 Å². The van der Waals surface area contributed by atoms with Gasteiger partial charge in [-0.05, 0) is 67.2 Å². The average Bonchev–Trinajstić information content (AvgIpc) is 3.09. The van der Waals surface area contributed by atoms with Crippen LogP contribution >= 0.6 is 0 Å². The molecule has 0 radical (unpaired) electrons. The smallest absolute Gasteiger partial charge is 0.250 e. The zero-order valence-corrected chi connectivity index (χ0v) is 17.6. The Balaban J connectivity index is 2.00. The summed E-state index contributed by atoms with van der Waals surface area (Å²) in [5, 5.41) is 1.45. The maximum atomic E-state index is 6.79. The number of hydrogen-bond acceptors (Lipinski definition) is 2. The molecule has 2 aromatic rings. The molecule has 1 heterocycles. The van der Waals surface area contributed by atoms with Gasteiger partial charge in [0.2, 0.25) is 8.32 Å². The van der Waals surface area contributed by atoms with Gasteiger partial charge < -0.3 is 14.1 Å². The summed E-state index contributed by atoms with van der Waals surface area (Å²) < 4.78 is 12.2. The predicted octanol–water partition coefficient (Wildman–Crippen LogP) is 6.35. The molecule has 0 aliphatic heterocycles. The molecule has 0 amide bonds. The Bertz CT molecular complexity index is 811. The highest BCUT2D eigenvalue weighted by Gasteiger charge is 2.42. The van der Waals surface area contributed by atoms with Crippen molar-refractivity contribution in [3.63, 3.8) is 0 Å². The van der Waals surface area contributed by atoms with Crippen molar-refractivity contribution in [3.8, 4) is 5.75 Å². The van der Waals surface area contributed by atoms with E-state index in [1.54, 1.807) is 7.11 Å². The van der Waals surface area contributed by atoms with Gasteiger partial charge in [0.05, 0.1) is 12.9 Å². The number of nitrogens with one attached hydrogen (secondary N) is 1. The van der Waals surface area contributed by atoms with Gasteiger partial charge in [0, 0.05) is 23.0 Å². The van der Waals surface area contributed by atoms with Crippen molar-refractivity contribution in [2.45, 2.75) is 64.6 Å². The third-order valence-corrected chi connectivity index (χ3v) is 10.4. The highest BCUT2D eigenvalue weighted by molar-refractivity contribution is 6.74. The molecular weight excluding hydrogens is 326 g/mol. The lowest BCUT2D eigenvalue weighted by Crippen LogP contribution is -2.41. The molecule has 0 bridgehead atoms. The Kier molecular flexibility index (Phi) is 4.52. The largest absolute Gasteiger partial charge is 0.546 e. The number of methoxy groups -OCH3 is 1. The Morgan fingerprint density at radius 1 is 1.20 bits per heavy atom. The first kappa shape index (κ1) is 18.1. The standard InChI is InChI=1S/C21H31NO2Si/c1-14-8-10-16(20(14)24-25(6,7)21(2,3)4)18-13-22-19-11-9-15(23-5)12-17(18)19/h9,11-13,16,22H,8,10H2,1-7H3. The number of benzene rings is 1. The van der Waals surface area contributed by atoms with Gasteiger partial charge >= 0.3 is 0 Å². The summed E-state index contributed by atoms with van der Waals surface area (Å²) in [5.41, 5.74) is 3.90. The lowest BCUT2D eigenvalue weighted by atomic mass is 9.97. The molecule has 0 saturated heterocycles. The average molecular weight is 358 g/mol. The van der Waals surface area contributed by atoms with E-state index >= 15 is 0 Å². The van der Waals surface area contributed by atoms with Gasteiger partial charge in [-0.1, -0.05) is 20.8 Å². The van der Waals surface area contributed by atoms with Gasteiger partial charge in [0.25, 0.3) is 0 Å². The number of rotatable bonds is 4. The molecular formula is C21H31NO2Si. The number of aromatic nitrogens is 1. The minimum Gasteiger partial charge on any atom is -0.546 e. The summed E-state index contributed by atoms with van der Waals surface area (Å²) in [6.45, 7) is 13.8. The summed E-state index contributed by atoms with van der Waals surface area (Å²) in [7, 11) is -0.123. The van der Waals surface area contributed by atoms with Crippen molar-refractivity contribution < 1.29 is 9.16 Å². The second kappa shape index (κ2) is 6.24. The number of allylic oxidation sites excluding steroid dienone is 2. The van der Waals surface area contributed by atoms with E-state index in [0.717, 1.165) is 24.1 Å². The topological polar surface area (TPSA) is 34.2 Å². The van der Waals surface area contributed by atoms with Crippen LogP contribution in [0, 0.1) is 0 Å². The highest BCUT2D eigenvalue weighted by Crippen LogP contribution is 2.47. The van der Waals surface area contributed by atoms with Gasteiger partial charge in [0.1, 0.15) is 5.75 Å². The summed E-state index contributed by atoms with van der Waals surface area (Å²) in [6, 6.07) is 6.24. The van der Waals surface area contributed by atoms with Crippen molar-refractivity contribution in [2.75, 3.05) is 7.11 Å². The normalized spacial score (nSPS) is 18.9. The number of fused-ring (bicyclic) bond motifs is 1. The van der Waals surface area contributed by atoms with E-state index in [2.05, 4.69) is 64.1 Å². The van der Waals surface area contributed by atoms with Crippen molar-refractivity contribution in [1.29, 1.82) is 0 Å². The van der Waals surface area contributed by atoms with Crippen LogP contribution in [0.15, 0.2) is 35.7 Å². The first-order chi connectivity index (χ1) is 11.6. The molecule has 0 spiro atoms. The monoisotopic (exact) mass is 357 g/mol. The second-order valence-electron chi connectivity index (χ2n) is 8.75. The quantitative estimate of drug-likeness (QED) is 0.647. The molecule has 0 saturated carbocycles. The van der Waals surface area contributed by atoms with Crippen LogP contribution < -0.4 is 4.74 Å². The van der Waals surface area contributed by atoms with E-state index < -0.39 is 8.32 Å². The van der Waals surface area contributed by atoms with Crippen molar-refractivity contribution >= 4 is 19.2 Å². The van der Waals surface area contributed by atoms with Crippen LogP contribution in [0.2, 0.25) is 18.1 Å². The van der Waals surface area contributed by atoms with Crippen LogP contribution in [0.25, 0.3) is 10.9 Å². The lowest BCUT2D eigenvalue weighted by molar-refractivity contribution is 0.355. The molecule has 0 fully saturated rings. The maximum absolute atomic E-state index is 6.79. The second-order valence-corrected chi connectivity index (χ2v) is 13.5. The molecule has 4 heteroatoms. The van der Waals surface area contributed by atoms with E-state index in [1.807, 2.05) is 6.07 Å². The van der Waals surface area contributed by atoms with Gasteiger partial charge in [-0.3, -0.25) is 0 Å². The first-order valence-corrected chi connectivity index (χ1v) is 12.1. The summed E-state index contributed by atoms with van der Waals surface area (Å²) in [6.07, 6.45) is 4.40. The third kappa shape index (κ3) is 3.24. The molecule has 3 rings (SSSR count). The van der Waals surface area contributed by atoms with E-state index in [0.29, 0.717) is 5.92 Å². The maximum Gasteiger partial charge on any atom is 0.250 e. The third-order valence-electron chi connectivity index (χ3n) is 6.01. The highest BCUT2D eigenvalue weighted by atomic mass is 28.4. The Labute approximate surface area is 152 Å². The van der Waals surface area contributed by atoms with E-state index in [1.165, 1.54) is 22.3 Å². The fourth-order valence-electron chi connectivity index (χ4n) is 3.33. The van der Waals surface area contributed by atoms with E-state index in [9.17, 15) is 0 Å². The first-order valence-electron chi connectivity index (χ1n) is 9.18. The summed E-state index contributed by atoms with van der Waals surface area (Å²) in [4.78, 5) is 3.42. The fraction of sp³-hybridized carbons (Fsp3) is 0.524. The molecule has 1 aliphatic carbocycles. The van der Waals surface area contributed by atoms with E-state index in [-0.39, 0.29) is 5.04 Å². The van der Waals surface area contributed by atoms with Crippen molar-refractivity contribution in [3.05, 3.63) is 41.3 Å². The van der Waals surface area contributed by atoms with Crippen LogP contribution in [0.5, 0.6) is 5.75 Å². The predicted molar refractivity (Wildman–Crippen MR) is 108 cm³/mol. The number of aromatic amines is 1. The van der Waals surface area contributed by atoms with Gasteiger partial charge in [-0.25, -0.2) is 0 Å². The number of ether oxygens (including phenoxy) is 1. The minimum atomic E-state index is -1.84. The molecule has 1 N–H and O–H groups in total. The zero-order chi connectivity index (χ0) is 18.4. The van der Waals surface area contributed by atoms with Gasteiger partial charge in [-0.15, -0.1) is 0 Å². The molecule has 1 unspecified atom stereocenters. The molecule has 3 nitrogen and oxygen atoms in total. The molecule has 25 heavy (non-hydrogen) atoms. The van der Waals surface area contributed by atoms with Crippen LogP contribution in [-0.4, -0.2) is 20.4 Å². The van der Waals surface area contributed by atoms with E-state index in [4.69, 9.17) is 9.16 Å². The van der Waals surface area contributed by atoms with Gasteiger partial charge in [0.15, 0.2) is 0 Å². The summed E-state index contributed by atoms with van der Waals surface area (Å²) >= 11 is 0. The number of hydrogen-bond donors (Lipinski definition) is 1. The zero-order valence-electron chi connectivity index (χ0n) is 16.6. The van der Waals surface area contributed by atoms with Gasteiger partial charge in [-0.2, -0.15) is 0 Å². The Hall–Kier alpha value is -1.68. The molecule has 136 valence electrons.